The zero-order valence-corrected chi connectivity index (χ0v) is 19.5. The van der Waals surface area contributed by atoms with Crippen molar-refractivity contribution in [3.8, 4) is 10.8 Å². The van der Waals surface area contributed by atoms with Crippen LogP contribution in [0.25, 0.3) is 10.8 Å². The first-order valence-electron chi connectivity index (χ1n) is 10.3. The van der Waals surface area contributed by atoms with Gasteiger partial charge in [-0.1, -0.05) is 18.7 Å². The van der Waals surface area contributed by atoms with E-state index in [2.05, 4.69) is 28.5 Å². The second kappa shape index (κ2) is 8.40. The van der Waals surface area contributed by atoms with Crippen molar-refractivity contribution in [3.05, 3.63) is 32.5 Å². The molecule has 1 atom stereocenters. The minimum absolute atomic E-state index is 0.112. The van der Waals surface area contributed by atoms with Crippen LogP contribution in [-0.4, -0.2) is 27.8 Å². The first-order chi connectivity index (χ1) is 15.0. The number of aryl methyl sites for hydroxylation is 2. The van der Waals surface area contributed by atoms with Crippen LogP contribution in [0.5, 0.6) is 0 Å². The highest BCUT2D eigenvalue weighted by atomic mass is 32.2. The smallest absolute Gasteiger partial charge is 0.277 e. The highest BCUT2D eigenvalue weighted by Crippen LogP contribution is 2.39. The molecule has 0 bridgehead atoms. The van der Waals surface area contributed by atoms with E-state index in [9.17, 15) is 9.59 Å². The van der Waals surface area contributed by atoms with Crippen molar-refractivity contribution in [2.75, 3.05) is 11.1 Å². The van der Waals surface area contributed by atoms with Gasteiger partial charge in [0.15, 0.2) is 0 Å². The zero-order valence-electron chi connectivity index (χ0n) is 17.0. The fourth-order valence-corrected chi connectivity index (χ4v) is 7.23. The molecular weight excluding hydrogens is 452 g/mol. The van der Waals surface area contributed by atoms with Gasteiger partial charge in [0.1, 0.15) is 5.00 Å². The highest BCUT2D eigenvalue weighted by Gasteiger charge is 2.26. The maximum atomic E-state index is 12.5. The molecule has 0 saturated heterocycles. The lowest BCUT2D eigenvalue weighted by Gasteiger charge is -2.16. The first-order valence-corrected chi connectivity index (χ1v) is 12.9. The Morgan fingerprint density at radius 1 is 1.26 bits per heavy atom. The van der Waals surface area contributed by atoms with E-state index in [1.807, 2.05) is 0 Å². The molecule has 31 heavy (non-hydrogen) atoms. The van der Waals surface area contributed by atoms with Gasteiger partial charge < -0.3 is 15.5 Å². The number of hydrogen-bond donors (Lipinski definition) is 2. The number of nitrogens with two attached hydrogens (primary N) is 1. The lowest BCUT2D eigenvalue weighted by Crippen LogP contribution is -2.18. The molecule has 0 aromatic carbocycles. The van der Waals surface area contributed by atoms with E-state index in [-0.39, 0.29) is 11.7 Å². The molecule has 3 aromatic rings. The molecule has 0 unspecified atom stereocenters. The van der Waals surface area contributed by atoms with Gasteiger partial charge >= 0.3 is 0 Å². The monoisotopic (exact) mass is 474 g/mol. The van der Waals surface area contributed by atoms with E-state index in [0.717, 1.165) is 47.4 Å². The number of carbonyl (C=O) groups excluding carboxylic acids is 2. The molecule has 0 saturated carbocycles. The quantitative estimate of drug-likeness (QED) is 0.515. The van der Waals surface area contributed by atoms with E-state index in [0.29, 0.717) is 27.6 Å². The van der Waals surface area contributed by atoms with Crippen molar-refractivity contribution in [1.82, 2.24) is 10.2 Å². The minimum Gasteiger partial charge on any atom is -0.410 e. The molecule has 2 amide bonds. The standard InChI is InChI=1S/C21H22N4O3S3/c1-10-5-6-13-11(7-10)8-15(30-13)19-24-25-21(28-19)29-9-16(26)23-20-17(18(22)27)12-3-2-4-14(12)31-20/h8,10H,2-7,9H2,1H3,(H2,22,27)(H,23,26)/t10-/m1/s1. The molecule has 2 aliphatic rings. The molecule has 2 aliphatic carbocycles. The Bertz CT molecular complexity index is 1160. The van der Waals surface area contributed by atoms with E-state index < -0.39 is 5.91 Å². The van der Waals surface area contributed by atoms with Gasteiger partial charge in [0, 0.05) is 9.75 Å². The van der Waals surface area contributed by atoms with Crippen LogP contribution in [0.2, 0.25) is 0 Å². The lowest BCUT2D eigenvalue weighted by atomic mass is 9.90. The summed E-state index contributed by atoms with van der Waals surface area (Å²) in [4.78, 5) is 27.9. The Morgan fingerprint density at radius 3 is 2.97 bits per heavy atom. The third kappa shape index (κ3) is 4.16. The third-order valence-electron chi connectivity index (χ3n) is 5.69. The van der Waals surface area contributed by atoms with Gasteiger partial charge in [-0.25, -0.2) is 0 Å². The Hall–Kier alpha value is -2.17. The largest absolute Gasteiger partial charge is 0.410 e. The van der Waals surface area contributed by atoms with Crippen molar-refractivity contribution in [1.29, 1.82) is 0 Å². The Kier molecular flexibility index (Phi) is 5.61. The zero-order chi connectivity index (χ0) is 21.5. The summed E-state index contributed by atoms with van der Waals surface area (Å²) in [5.41, 5.74) is 8.40. The summed E-state index contributed by atoms with van der Waals surface area (Å²) in [5.74, 6) is 0.605. The topological polar surface area (TPSA) is 111 Å². The van der Waals surface area contributed by atoms with Crippen LogP contribution in [0.3, 0.4) is 0 Å². The predicted molar refractivity (Wildman–Crippen MR) is 123 cm³/mol. The predicted octanol–water partition coefficient (Wildman–Crippen LogP) is 4.30. The van der Waals surface area contributed by atoms with Crippen LogP contribution >= 0.6 is 34.4 Å². The second-order valence-electron chi connectivity index (χ2n) is 8.04. The highest BCUT2D eigenvalue weighted by molar-refractivity contribution is 7.99. The SMILES string of the molecule is C[C@@H]1CCc2sc(-c3nnc(SCC(=O)Nc4sc5c(c4C(N)=O)CCC5)o3)cc2C1. The fraction of sp³-hybridized carbons (Fsp3) is 0.429. The molecule has 0 radical (unpaired) electrons. The number of hydrogen-bond acceptors (Lipinski definition) is 8. The number of thiophene rings is 2. The van der Waals surface area contributed by atoms with Crippen molar-refractivity contribution >= 4 is 51.3 Å². The van der Waals surface area contributed by atoms with Gasteiger partial charge in [0.2, 0.25) is 5.91 Å². The van der Waals surface area contributed by atoms with E-state index in [1.165, 1.54) is 40.0 Å². The van der Waals surface area contributed by atoms with Crippen LogP contribution in [0.1, 0.15) is 51.0 Å². The summed E-state index contributed by atoms with van der Waals surface area (Å²) < 4.78 is 5.79. The fourth-order valence-electron chi connectivity index (χ4n) is 4.22. The Balaban J connectivity index is 1.22. The summed E-state index contributed by atoms with van der Waals surface area (Å²) in [5, 5.41) is 12.0. The number of nitrogens with zero attached hydrogens (tertiary/aromatic N) is 2. The van der Waals surface area contributed by atoms with Crippen LogP contribution in [-0.2, 0) is 30.5 Å². The molecule has 3 heterocycles. The molecule has 10 heteroatoms. The summed E-state index contributed by atoms with van der Waals surface area (Å²) in [6.45, 7) is 2.28. The molecule has 0 aliphatic heterocycles. The van der Waals surface area contributed by atoms with Crippen LogP contribution < -0.4 is 11.1 Å². The molecule has 3 N–H and O–H groups in total. The van der Waals surface area contributed by atoms with Gasteiger partial charge in [-0.3, -0.25) is 9.59 Å². The van der Waals surface area contributed by atoms with Gasteiger partial charge in [-0.2, -0.15) is 0 Å². The van der Waals surface area contributed by atoms with Crippen LogP contribution in [0, 0.1) is 5.92 Å². The van der Waals surface area contributed by atoms with Crippen molar-refractivity contribution < 1.29 is 14.0 Å². The molecule has 0 spiro atoms. The summed E-state index contributed by atoms with van der Waals surface area (Å²) in [7, 11) is 0. The molecular formula is C21H22N4O3S3. The maximum absolute atomic E-state index is 12.5. The molecule has 7 nitrogen and oxygen atoms in total. The van der Waals surface area contributed by atoms with Crippen LogP contribution in [0.4, 0.5) is 5.00 Å². The summed E-state index contributed by atoms with van der Waals surface area (Å²) in [6, 6.07) is 2.16. The lowest BCUT2D eigenvalue weighted by molar-refractivity contribution is -0.113. The number of carbonyl (C=O) groups is 2. The van der Waals surface area contributed by atoms with Crippen molar-refractivity contribution in [3.63, 3.8) is 0 Å². The Labute approximate surface area is 191 Å². The average Bonchev–Trinajstić information content (AvgIpc) is 3.48. The van der Waals surface area contributed by atoms with Gasteiger partial charge in [0.05, 0.1) is 16.2 Å². The first kappa shape index (κ1) is 20.7. The average molecular weight is 475 g/mol. The number of aromatic nitrogens is 2. The van der Waals surface area contributed by atoms with Gasteiger partial charge in [0.25, 0.3) is 17.0 Å². The van der Waals surface area contributed by atoms with Crippen LogP contribution in [0.15, 0.2) is 15.7 Å². The second-order valence-corrected chi connectivity index (χ2v) is 11.2. The third-order valence-corrected chi connectivity index (χ3v) is 8.94. The number of amides is 2. The van der Waals surface area contributed by atoms with Gasteiger partial charge in [-0.15, -0.1) is 32.9 Å². The molecule has 162 valence electrons. The summed E-state index contributed by atoms with van der Waals surface area (Å²) >= 11 is 4.35. The van der Waals surface area contributed by atoms with E-state index in [1.54, 1.807) is 11.3 Å². The molecule has 5 rings (SSSR count). The number of rotatable bonds is 6. The molecule has 3 aromatic heterocycles. The summed E-state index contributed by atoms with van der Waals surface area (Å²) in [6.07, 6.45) is 6.22. The minimum atomic E-state index is -0.489. The van der Waals surface area contributed by atoms with E-state index >= 15 is 0 Å². The number of nitrogens with one attached hydrogen (secondary N) is 1. The van der Waals surface area contributed by atoms with E-state index in [4.69, 9.17) is 10.2 Å². The molecule has 0 fully saturated rings. The normalized spacial score (nSPS) is 17.4. The maximum Gasteiger partial charge on any atom is 0.277 e. The Morgan fingerprint density at radius 2 is 2.13 bits per heavy atom. The number of fused-ring (bicyclic) bond motifs is 2. The number of thioether (sulfide) groups is 1. The number of primary amides is 1. The van der Waals surface area contributed by atoms with Crippen molar-refractivity contribution in [2.24, 2.45) is 11.7 Å². The van der Waals surface area contributed by atoms with Gasteiger partial charge in [-0.05, 0) is 61.6 Å². The number of anilines is 1. The van der Waals surface area contributed by atoms with Crippen molar-refractivity contribution in [2.45, 2.75) is 50.7 Å².